The summed E-state index contributed by atoms with van der Waals surface area (Å²) in [5, 5.41) is 2.65. The lowest BCUT2D eigenvalue weighted by Crippen LogP contribution is -2.36. The van der Waals surface area contributed by atoms with E-state index >= 15 is 0 Å². The number of nitrogens with zero attached hydrogens (tertiary/aromatic N) is 2. The molecule has 0 bridgehead atoms. The van der Waals surface area contributed by atoms with Gasteiger partial charge in [0, 0.05) is 6.54 Å². The lowest BCUT2D eigenvalue weighted by Gasteiger charge is -2.20. The van der Waals surface area contributed by atoms with Crippen LogP contribution in [0.2, 0.25) is 0 Å². The largest absolute Gasteiger partial charge is 0.444 e. The zero-order valence-electron chi connectivity index (χ0n) is 18.2. The van der Waals surface area contributed by atoms with Crippen molar-refractivity contribution in [3.63, 3.8) is 0 Å². The fraction of sp³-hybridized carbons (Fsp3) is 0.375. The summed E-state index contributed by atoms with van der Waals surface area (Å²) in [6.07, 6.45) is 2.58. The van der Waals surface area contributed by atoms with Crippen LogP contribution in [0.3, 0.4) is 0 Å². The minimum absolute atomic E-state index is 0.120. The predicted molar refractivity (Wildman–Crippen MR) is 121 cm³/mol. The highest BCUT2D eigenvalue weighted by Gasteiger charge is 2.44. The molecule has 2 amide bonds. The van der Waals surface area contributed by atoms with Gasteiger partial charge in [-0.05, 0) is 43.5 Å². The summed E-state index contributed by atoms with van der Waals surface area (Å²) < 4.78 is 5.26. The average molecular weight is 421 g/mol. The van der Waals surface area contributed by atoms with Gasteiger partial charge < -0.3 is 14.6 Å². The van der Waals surface area contributed by atoms with E-state index in [0.29, 0.717) is 18.0 Å². The van der Waals surface area contributed by atoms with Crippen LogP contribution in [-0.4, -0.2) is 28.5 Å². The van der Waals surface area contributed by atoms with E-state index < -0.39 is 11.5 Å². The number of aromatic amines is 1. The van der Waals surface area contributed by atoms with Gasteiger partial charge in [0.1, 0.15) is 6.61 Å². The number of carbonyl (C=O) groups is 2. The maximum atomic E-state index is 13.0. The number of H-pyrrole nitrogens is 1. The molecule has 1 aromatic heterocycles. The first kappa shape index (κ1) is 20.9. The number of amides is 2. The van der Waals surface area contributed by atoms with E-state index in [1.165, 1.54) is 0 Å². The molecule has 0 saturated heterocycles. The number of anilines is 2. The number of imidazole rings is 1. The van der Waals surface area contributed by atoms with E-state index in [9.17, 15) is 9.59 Å². The van der Waals surface area contributed by atoms with Crippen LogP contribution in [0, 0.1) is 0 Å². The van der Waals surface area contributed by atoms with Crippen LogP contribution in [0.25, 0.3) is 11.0 Å². The number of nitrogens with one attached hydrogen (secondary N) is 2. The van der Waals surface area contributed by atoms with Gasteiger partial charge in [0.05, 0.1) is 22.1 Å². The molecule has 1 aliphatic rings. The van der Waals surface area contributed by atoms with E-state index in [-0.39, 0.29) is 12.5 Å². The highest BCUT2D eigenvalue weighted by atomic mass is 16.5. The second kappa shape index (κ2) is 8.41. The number of ether oxygens (including phenoxy) is 1. The number of aromatic nitrogens is 2. The lowest BCUT2D eigenvalue weighted by molar-refractivity contribution is -0.122. The number of carbonyl (C=O) groups excluding carboxylic acids is 2. The second-order valence-electron chi connectivity index (χ2n) is 8.45. The Morgan fingerprint density at radius 3 is 2.71 bits per heavy atom. The van der Waals surface area contributed by atoms with Crippen LogP contribution in [0.4, 0.5) is 16.4 Å². The molecule has 2 N–H and O–H groups in total. The van der Waals surface area contributed by atoms with Crippen LogP contribution < -0.4 is 10.2 Å². The Bertz CT molecular complexity index is 1100. The number of hydrogen-bond acceptors (Lipinski definition) is 4. The van der Waals surface area contributed by atoms with Gasteiger partial charge in [-0.1, -0.05) is 50.1 Å². The van der Waals surface area contributed by atoms with Gasteiger partial charge in [0.25, 0.3) is 0 Å². The molecule has 7 nitrogen and oxygen atoms in total. The summed E-state index contributed by atoms with van der Waals surface area (Å²) in [4.78, 5) is 34.6. The summed E-state index contributed by atoms with van der Waals surface area (Å²) >= 11 is 0. The summed E-state index contributed by atoms with van der Waals surface area (Å²) in [5.41, 5.74) is 3.67. The molecule has 31 heavy (non-hydrogen) atoms. The lowest BCUT2D eigenvalue weighted by atomic mass is 9.86. The molecular formula is C24H28N4O3. The standard InChI is InChI=1S/C24H28N4O3/c1-4-5-9-12-28-20-14-19-18(13-17(20)24(2,3)21(28)29)25-22(26-19)27-23(30)31-15-16-10-7-6-8-11-16/h6-8,10-11,13-14H,4-5,9,12,15H2,1-3H3,(H2,25,26,27,30). The van der Waals surface area contributed by atoms with Crippen LogP contribution in [0.1, 0.15) is 51.2 Å². The fourth-order valence-corrected chi connectivity index (χ4v) is 3.99. The summed E-state index contributed by atoms with van der Waals surface area (Å²) in [6.45, 7) is 6.95. The molecule has 0 atom stereocenters. The molecule has 0 fully saturated rings. The smallest absolute Gasteiger partial charge is 0.414 e. The van der Waals surface area contributed by atoms with Crippen LogP contribution in [-0.2, 0) is 21.6 Å². The average Bonchev–Trinajstić information content (AvgIpc) is 3.23. The maximum absolute atomic E-state index is 13.0. The van der Waals surface area contributed by atoms with Gasteiger partial charge in [0.15, 0.2) is 0 Å². The first-order chi connectivity index (χ1) is 14.9. The highest BCUT2D eigenvalue weighted by Crippen LogP contribution is 2.43. The molecule has 0 aliphatic carbocycles. The molecule has 2 heterocycles. The van der Waals surface area contributed by atoms with Crippen molar-refractivity contribution in [3.8, 4) is 0 Å². The third-order valence-electron chi connectivity index (χ3n) is 5.76. The Hall–Kier alpha value is -3.35. The molecule has 0 radical (unpaired) electrons. The molecule has 162 valence electrons. The third-order valence-corrected chi connectivity index (χ3v) is 5.76. The molecule has 0 unspecified atom stereocenters. The quantitative estimate of drug-likeness (QED) is 0.519. The Balaban J connectivity index is 1.52. The molecule has 7 heteroatoms. The molecule has 3 aromatic rings. The maximum Gasteiger partial charge on any atom is 0.414 e. The van der Waals surface area contributed by atoms with Crippen molar-refractivity contribution >= 4 is 34.7 Å². The third kappa shape index (κ3) is 4.13. The molecule has 2 aromatic carbocycles. The van der Waals surface area contributed by atoms with Crippen LogP contribution in [0.15, 0.2) is 42.5 Å². The Morgan fingerprint density at radius 2 is 1.97 bits per heavy atom. The zero-order valence-corrected chi connectivity index (χ0v) is 18.2. The van der Waals surface area contributed by atoms with Gasteiger partial charge in [-0.15, -0.1) is 0 Å². The Kier molecular flexibility index (Phi) is 5.67. The van der Waals surface area contributed by atoms with Gasteiger partial charge >= 0.3 is 6.09 Å². The number of fused-ring (bicyclic) bond motifs is 2. The van der Waals surface area contributed by atoms with Crippen molar-refractivity contribution in [1.29, 1.82) is 0 Å². The fourth-order valence-electron chi connectivity index (χ4n) is 3.99. The van der Waals surface area contributed by atoms with E-state index in [2.05, 4.69) is 22.2 Å². The topological polar surface area (TPSA) is 87.3 Å². The number of benzene rings is 2. The summed E-state index contributed by atoms with van der Waals surface area (Å²) in [7, 11) is 0. The first-order valence-electron chi connectivity index (χ1n) is 10.7. The van der Waals surface area contributed by atoms with Crippen molar-refractivity contribution < 1.29 is 14.3 Å². The van der Waals surface area contributed by atoms with Gasteiger partial charge in [0.2, 0.25) is 11.9 Å². The second-order valence-corrected chi connectivity index (χ2v) is 8.45. The van der Waals surface area contributed by atoms with E-state index in [0.717, 1.165) is 41.6 Å². The molecular weight excluding hydrogens is 392 g/mol. The molecule has 0 spiro atoms. The Labute approximate surface area is 181 Å². The summed E-state index contributed by atoms with van der Waals surface area (Å²) in [6, 6.07) is 13.4. The van der Waals surface area contributed by atoms with Crippen LogP contribution >= 0.6 is 0 Å². The van der Waals surface area contributed by atoms with E-state index in [4.69, 9.17) is 4.74 Å². The first-order valence-corrected chi connectivity index (χ1v) is 10.7. The van der Waals surface area contributed by atoms with Crippen molar-refractivity contribution in [3.05, 3.63) is 53.6 Å². The van der Waals surface area contributed by atoms with Gasteiger partial charge in [-0.2, -0.15) is 0 Å². The van der Waals surface area contributed by atoms with E-state index in [1.54, 1.807) is 0 Å². The van der Waals surface area contributed by atoms with E-state index in [1.807, 2.05) is 61.2 Å². The minimum atomic E-state index is -0.594. The van der Waals surface area contributed by atoms with Gasteiger partial charge in [-0.3, -0.25) is 10.1 Å². The molecule has 0 saturated carbocycles. The van der Waals surface area contributed by atoms with Gasteiger partial charge in [-0.25, -0.2) is 9.78 Å². The molecule has 1 aliphatic heterocycles. The normalized spacial score (nSPS) is 14.7. The number of rotatable bonds is 7. The highest BCUT2D eigenvalue weighted by molar-refractivity contribution is 6.09. The monoisotopic (exact) mass is 420 g/mol. The zero-order chi connectivity index (χ0) is 22.0. The Morgan fingerprint density at radius 1 is 1.19 bits per heavy atom. The van der Waals surface area contributed by atoms with Crippen molar-refractivity contribution in [1.82, 2.24) is 9.97 Å². The van der Waals surface area contributed by atoms with Crippen molar-refractivity contribution in [2.24, 2.45) is 0 Å². The minimum Gasteiger partial charge on any atom is -0.444 e. The predicted octanol–water partition coefficient (Wildman–Crippen LogP) is 5.13. The van der Waals surface area contributed by atoms with Crippen LogP contribution in [0.5, 0.6) is 0 Å². The number of unbranched alkanes of at least 4 members (excludes halogenated alkanes) is 2. The van der Waals surface area contributed by atoms with Crippen molar-refractivity contribution in [2.45, 2.75) is 52.1 Å². The number of hydrogen-bond donors (Lipinski definition) is 2. The van der Waals surface area contributed by atoms with Crippen molar-refractivity contribution in [2.75, 3.05) is 16.8 Å². The summed E-state index contributed by atoms with van der Waals surface area (Å²) in [5.74, 6) is 0.437. The SMILES string of the molecule is CCCCCN1C(=O)C(C)(C)c2cc3[nH]c(NC(=O)OCc4ccccc4)nc3cc21. The molecule has 4 rings (SSSR count).